The van der Waals surface area contributed by atoms with Crippen molar-refractivity contribution < 1.29 is 4.74 Å². The lowest BCUT2D eigenvalue weighted by molar-refractivity contribution is 0.122. The van der Waals surface area contributed by atoms with E-state index in [-0.39, 0.29) is 0 Å². The Morgan fingerprint density at radius 2 is 2.07 bits per heavy atom. The van der Waals surface area contributed by atoms with Crippen LogP contribution in [0.4, 0.5) is 5.69 Å². The SMILES string of the molecule is PC(c1ccc(-c2ncnc3cc(N4CCOCC4)ccc23)s1)C1NC=CS1. The van der Waals surface area contributed by atoms with E-state index in [2.05, 4.69) is 65.2 Å². The number of benzene rings is 1. The van der Waals surface area contributed by atoms with Crippen LogP contribution in [-0.2, 0) is 4.74 Å². The second kappa shape index (κ2) is 7.99. The highest BCUT2D eigenvalue weighted by molar-refractivity contribution is 8.03. The van der Waals surface area contributed by atoms with Gasteiger partial charge in [0.25, 0.3) is 0 Å². The van der Waals surface area contributed by atoms with Gasteiger partial charge in [0, 0.05) is 40.9 Å². The molecule has 1 aromatic carbocycles. The Morgan fingerprint density at radius 1 is 1.18 bits per heavy atom. The fraction of sp³-hybridized carbons (Fsp3) is 0.300. The normalized spacial score (nSPS) is 20.5. The van der Waals surface area contributed by atoms with Crippen molar-refractivity contribution in [3.63, 3.8) is 0 Å². The second-order valence-corrected chi connectivity index (χ2v) is 9.66. The lowest BCUT2D eigenvalue weighted by Crippen LogP contribution is -2.36. The van der Waals surface area contributed by atoms with Gasteiger partial charge in [0.1, 0.15) is 6.33 Å². The zero-order valence-corrected chi connectivity index (χ0v) is 18.0. The number of morpholine rings is 1. The number of ether oxygens (including phenoxy) is 1. The highest BCUT2D eigenvalue weighted by atomic mass is 32.2. The van der Waals surface area contributed by atoms with E-state index in [9.17, 15) is 0 Å². The molecule has 0 aliphatic carbocycles. The third-order valence-electron chi connectivity index (χ3n) is 5.06. The van der Waals surface area contributed by atoms with E-state index in [0.29, 0.717) is 11.0 Å². The van der Waals surface area contributed by atoms with Crippen molar-refractivity contribution in [2.45, 2.75) is 11.0 Å². The van der Waals surface area contributed by atoms with Gasteiger partial charge in [0.2, 0.25) is 0 Å². The largest absolute Gasteiger partial charge is 0.378 e. The number of thiophene rings is 1. The number of nitrogens with zero attached hydrogens (tertiary/aromatic N) is 3. The van der Waals surface area contributed by atoms with Gasteiger partial charge < -0.3 is 15.0 Å². The number of nitrogens with one attached hydrogen (secondary N) is 1. The third kappa shape index (κ3) is 3.52. The number of anilines is 1. The average Bonchev–Trinajstić information content (AvgIpc) is 3.45. The Kier molecular flexibility index (Phi) is 5.24. The molecule has 2 aliphatic rings. The number of hydrogen-bond acceptors (Lipinski definition) is 7. The van der Waals surface area contributed by atoms with E-state index in [1.165, 1.54) is 15.4 Å². The Morgan fingerprint density at radius 3 is 2.89 bits per heavy atom. The highest BCUT2D eigenvalue weighted by Gasteiger charge is 2.22. The van der Waals surface area contributed by atoms with Crippen LogP contribution in [0.25, 0.3) is 21.5 Å². The minimum Gasteiger partial charge on any atom is -0.378 e. The predicted octanol–water partition coefficient (Wildman–Crippen LogP) is 4.24. The van der Waals surface area contributed by atoms with Crippen LogP contribution in [0.3, 0.4) is 0 Å². The van der Waals surface area contributed by atoms with E-state index in [0.717, 1.165) is 42.9 Å². The van der Waals surface area contributed by atoms with Gasteiger partial charge in [-0.2, -0.15) is 0 Å². The van der Waals surface area contributed by atoms with E-state index in [1.807, 2.05) is 29.3 Å². The zero-order valence-electron chi connectivity index (χ0n) is 15.2. The van der Waals surface area contributed by atoms with Crippen LogP contribution in [0, 0.1) is 0 Å². The van der Waals surface area contributed by atoms with E-state index in [1.54, 1.807) is 6.33 Å². The van der Waals surface area contributed by atoms with Gasteiger partial charge in [0.15, 0.2) is 0 Å². The zero-order chi connectivity index (χ0) is 18.9. The van der Waals surface area contributed by atoms with Gasteiger partial charge in [-0.15, -0.1) is 32.3 Å². The molecule has 2 aliphatic heterocycles. The fourth-order valence-corrected chi connectivity index (χ4v) is 6.20. The Hall–Kier alpha value is -1.66. The van der Waals surface area contributed by atoms with Crippen LogP contribution < -0.4 is 10.2 Å². The summed E-state index contributed by atoms with van der Waals surface area (Å²) in [5.74, 6) is 0. The molecular formula is C20H21N4OPS2. The van der Waals surface area contributed by atoms with Gasteiger partial charge in [0.05, 0.1) is 34.7 Å². The number of rotatable bonds is 4. The van der Waals surface area contributed by atoms with Crippen LogP contribution in [-0.4, -0.2) is 41.6 Å². The summed E-state index contributed by atoms with van der Waals surface area (Å²) >= 11 is 3.63. The Labute approximate surface area is 174 Å². The van der Waals surface area contributed by atoms with E-state index < -0.39 is 0 Å². The highest BCUT2D eigenvalue weighted by Crippen LogP contribution is 2.41. The van der Waals surface area contributed by atoms with Gasteiger partial charge in [-0.3, -0.25) is 0 Å². The molecule has 3 aromatic rings. The molecule has 5 nitrogen and oxygen atoms in total. The molecule has 1 saturated heterocycles. The molecule has 2 aromatic heterocycles. The fourth-order valence-electron chi connectivity index (χ4n) is 3.55. The molecule has 0 radical (unpaired) electrons. The number of aromatic nitrogens is 2. The van der Waals surface area contributed by atoms with Crippen molar-refractivity contribution in [1.82, 2.24) is 15.3 Å². The van der Waals surface area contributed by atoms with Crippen molar-refractivity contribution in [2.24, 2.45) is 0 Å². The van der Waals surface area contributed by atoms with Gasteiger partial charge in [-0.05, 0) is 35.7 Å². The van der Waals surface area contributed by atoms with Gasteiger partial charge >= 0.3 is 0 Å². The summed E-state index contributed by atoms with van der Waals surface area (Å²) in [6, 6.07) is 10.9. The van der Waals surface area contributed by atoms with Crippen LogP contribution in [0.2, 0.25) is 0 Å². The minimum atomic E-state index is 0.361. The molecule has 1 N–H and O–H groups in total. The summed E-state index contributed by atoms with van der Waals surface area (Å²) in [5.41, 5.74) is 3.56. The van der Waals surface area contributed by atoms with E-state index >= 15 is 0 Å². The molecule has 5 rings (SSSR count). The molecule has 0 saturated carbocycles. The number of hydrogen-bond donors (Lipinski definition) is 1. The van der Waals surface area contributed by atoms with Crippen LogP contribution in [0.5, 0.6) is 0 Å². The summed E-state index contributed by atoms with van der Waals surface area (Å²) in [5, 5.41) is 6.98. The Bertz CT molecular complexity index is 1010. The quantitative estimate of drug-likeness (QED) is 0.627. The molecule has 4 heterocycles. The molecule has 144 valence electrons. The minimum absolute atomic E-state index is 0.361. The van der Waals surface area contributed by atoms with Crippen LogP contribution in [0.15, 0.2) is 48.3 Å². The summed E-state index contributed by atoms with van der Waals surface area (Å²) in [4.78, 5) is 14.0. The first-order valence-electron chi connectivity index (χ1n) is 9.29. The first kappa shape index (κ1) is 18.4. The number of fused-ring (bicyclic) bond motifs is 1. The van der Waals surface area contributed by atoms with Crippen molar-refractivity contribution in [2.75, 3.05) is 31.2 Å². The van der Waals surface area contributed by atoms with E-state index in [4.69, 9.17) is 4.74 Å². The predicted molar refractivity (Wildman–Crippen MR) is 122 cm³/mol. The van der Waals surface area contributed by atoms with Crippen molar-refractivity contribution >= 4 is 48.9 Å². The maximum atomic E-state index is 5.47. The third-order valence-corrected chi connectivity index (χ3v) is 8.54. The monoisotopic (exact) mass is 428 g/mol. The molecule has 3 atom stereocenters. The van der Waals surface area contributed by atoms with Crippen molar-refractivity contribution in [1.29, 1.82) is 0 Å². The van der Waals surface area contributed by atoms with Crippen molar-refractivity contribution in [3.05, 3.63) is 53.1 Å². The lowest BCUT2D eigenvalue weighted by atomic mass is 10.1. The number of thioether (sulfide) groups is 1. The first-order valence-corrected chi connectivity index (χ1v) is 11.7. The second-order valence-electron chi connectivity index (χ2n) is 6.78. The molecule has 3 unspecified atom stereocenters. The first-order chi connectivity index (χ1) is 13.8. The van der Waals surface area contributed by atoms with Gasteiger partial charge in [-0.25, -0.2) is 9.97 Å². The molecule has 0 spiro atoms. The van der Waals surface area contributed by atoms with Crippen molar-refractivity contribution in [3.8, 4) is 10.6 Å². The molecule has 1 fully saturated rings. The van der Waals surface area contributed by atoms with Crippen LogP contribution in [0.1, 0.15) is 10.5 Å². The summed E-state index contributed by atoms with van der Waals surface area (Å²) < 4.78 is 5.47. The molecule has 0 amide bonds. The van der Waals surface area contributed by atoms with Crippen LogP contribution >= 0.6 is 32.3 Å². The molecule has 0 bridgehead atoms. The smallest absolute Gasteiger partial charge is 0.116 e. The maximum Gasteiger partial charge on any atom is 0.116 e. The summed E-state index contributed by atoms with van der Waals surface area (Å²) in [7, 11) is 2.97. The molecule has 28 heavy (non-hydrogen) atoms. The molecule has 8 heteroatoms. The average molecular weight is 429 g/mol. The standard InChI is InChI=1S/C20H21N4OPS2/c26-19(20-21-5-10-27-20)17-4-3-16(28-17)18-14-2-1-13(11-15(14)22-12-23-18)24-6-8-25-9-7-24/h1-5,10-12,19-21H,6-9,26H2. The topological polar surface area (TPSA) is 50.3 Å². The lowest BCUT2D eigenvalue weighted by Gasteiger charge is -2.29. The Balaban J connectivity index is 1.46. The maximum absolute atomic E-state index is 5.47. The summed E-state index contributed by atoms with van der Waals surface area (Å²) in [6.07, 6.45) is 3.70. The van der Waals surface area contributed by atoms with Gasteiger partial charge in [-0.1, -0.05) is 0 Å². The summed E-state index contributed by atoms with van der Waals surface area (Å²) in [6.45, 7) is 3.42. The molecular weight excluding hydrogens is 407 g/mol.